The van der Waals surface area contributed by atoms with Gasteiger partial charge in [0.25, 0.3) is 5.91 Å². The van der Waals surface area contributed by atoms with Crippen molar-refractivity contribution in [2.24, 2.45) is 7.05 Å². The highest BCUT2D eigenvalue weighted by Gasteiger charge is 2.22. The Balaban J connectivity index is 1.24. The molecule has 4 rings (SSSR count). The average molecular weight is 456 g/mol. The number of carbonyl (C=O) groups excluding carboxylic acids is 2. The number of aryl methyl sites for hydroxylation is 1. The summed E-state index contributed by atoms with van der Waals surface area (Å²) in [5, 5.41) is 7.94. The second kappa shape index (κ2) is 10.1. The number of piperazine rings is 1. The number of hydrogen-bond acceptors (Lipinski definition) is 6. The molecular formula is C22H25N5O2S2. The number of thiophene rings is 1. The molecule has 3 aromatic rings. The van der Waals surface area contributed by atoms with Gasteiger partial charge >= 0.3 is 0 Å². The Kier molecular flexibility index (Phi) is 7.06. The van der Waals surface area contributed by atoms with Gasteiger partial charge in [0.15, 0.2) is 5.16 Å². The van der Waals surface area contributed by atoms with Crippen molar-refractivity contribution in [3.8, 4) is 0 Å². The third kappa shape index (κ3) is 5.75. The van der Waals surface area contributed by atoms with Crippen LogP contribution < -0.4 is 5.32 Å². The summed E-state index contributed by atoms with van der Waals surface area (Å²) >= 11 is 3.10. The molecule has 7 nitrogen and oxygen atoms in total. The predicted molar refractivity (Wildman–Crippen MR) is 125 cm³/mol. The topological polar surface area (TPSA) is 70.5 Å². The number of amides is 2. The van der Waals surface area contributed by atoms with Gasteiger partial charge in [-0.15, -0.1) is 0 Å². The smallest absolute Gasteiger partial charge is 0.253 e. The highest BCUT2D eigenvalue weighted by molar-refractivity contribution is 7.99. The lowest BCUT2D eigenvalue weighted by Gasteiger charge is -2.34. The van der Waals surface area contributed by atoms with E-state index in [2.05, 4.69) is 32.0 Å². The lowest BCUT2D eigenvalue weighted by atomic mass is 10.1. The fraction of sp³-hybridized carbons (Fsp3) is 0.318. The van der Waals surface area contributed by atoms with Gasteiger partial charge in [0, 0.05) is 63.4 Å². The minimum absolute atomic E-state index is 0.0402. The van der Waals surface area contributed by atoms with Crippen molar-refractivity contribution in [3.63, 3.8) is 0 Å². The standard InChI is InChI=1S/C22H25N5O2S2/c1-25-8-7-23-22(25)31-16-20(28)24-19-4-2-18(3-5-19)21(29)27-11-9-26(10-12-27)14-17-6-13-30-15-17/h2-8,13,15H,9-12,14,16H2,1H3,(H,24,28). The van der Waals surface area contributed by atoms with Gasteiger partial charge in [-0.05, 0) is 46.7 Å². The number of benzene rings is 1. The minimum Gasteiger partial charge on any atom is -0.336 e. The molecule has 0 bridgehead atoms. The lowest BCUT2D eigenvalue weighted by Crippen LogP contribution is -2.48. The summed E-state index contributed by atoms with van der Waals surface area (Å²) in [6.45, 7) is 4.16. The molecule has 1 aliphatic rings. The second-order valence-electron chi connectivity index (χ2n) is 7.43. The van der Waals surface area contributed by atoms with E-state index < -0.39 is 0 Å². The Labute approximate surface area is 190 Å². The number of carbonyl (C=O) groups is 2. The van der Waals surface area contributed by atoms with Gasteiger partial charge < -0.3 is 14.8 Å². The van der Waals surface area contributed by atoms with Gasteiger partial charge in [0.05, 0.1) is 5.75 Å². The van der Waals surface area contributed by atoms with E-state index in [-0.39, 0.29) is 17.6 Å². The van der Waals surface area contributed by atoms with E-state index in [1.165, 1.54) is 17.3 Å². The van der Waals surface area contributed by atoms with Crippen molar-refractivity contribution < 1.29 is 9.59 Å². The molecule has 3 heterocycles. The summed E-state index contributed by atoms with van der Waals surface area (Å²) in [6, 6.07) is 9.27. The van der Waals surface area contributed by atoms with E-state index in [1.807, 2.05) is 22.7 Å². The maximum absolute atomic E-state index is 12.8. The van der Waals surface area contributed by atoms with Crippen LogP contribution in [0.5, 0.6) is 0 Å². The Bertz CT molecular complexity index is 1010. The van der Waals surface area contributed by atoms with E-state index in [0.29, 0.717) is 11.3 Å². The number of nitrogens with zero attached hydrogens (tertiary/aromatic N) is 4. The molecule has 1 N–H and O–H groups in total. The van der Waals surface area contributed by atoms with Crippen LogP contribution >= 0.6 is 23.1 Å². The quantitative estimate of drug-likeness (QED) is 0.554. The molecule has 2 aromatic heterocycles. The summed E-state index contributed by atoms with van der Waals surface area (Å²) in [5.74, 6) is 0.216. The Morgan fingerprint density at radius 3 is 2.55 bits per heavy atom. The molecule has 0 saturated carbocycles. The minimum atomic E-state index is -0.103. The number of hydrogen-bond donors (Lipinski definition) is 1. The van der Waals surface area contributed by atoms with Crippen LogP contribution in [0.3, 0.4) is 0 Å². The number of rotatable bonds is 7. The molecule has 2 amide bonds. The zero-order valence-corrected chi connectivity index (χ0v) is 19.0. The first kappa shape index (κ1) is 21.6. The third-order valence-electron chi connectivity index (χ3n) is 5.17. The molecule has 0 unspecified atom stereocenters. The molecule has 31 heavy (non-hydrogen) atoms. The first-order chi connectivity index (χ1) is 15.1. The maximum atomic E-state index is 12.8. The van der Waals surface area contributed by atoms with Crippen molar-refractivity contribution in [3.05, 3.63) is 64.6 Å². The van der Waals surface area contributed by atoms with E-state index in [1.54, 1.807) is 41.8 Å². The summed E-state index contributed by atoms with van der Waals surface area (Å²) in [7, 11) is 1.90. The van der Waals surface area contributed by atoms with Crippen LogP contribution in [0.25, 0.3) is 0 Å². The molecule has 1 aliphatic heterocycles. The summed E-state index contributed by atoms with van der Waals surface area (Å²) in [5.41, 5.74) is 2.66. The number of thioether (sulfide) groups is 1. The number of imidazole rings is 1. The van der Waals surface area contributed by atoms with Crippen molar-refractivity contribution in [1.82, 2.24) is 19.4 Å². The highest BCUT2D eigenvalue weighted by atomic mass is 32.2. The van der Waals surface area contributed by atoms with E-state index in [4.69, 9.17) is 0 Å². The van der Waals surface area contributed by atoms with Gasteiger partial charge in [-0.3, -0.25) is 14.5 Å². The fourth-order valence-electron chi connectivity index (χ4n) is 3.45. The summed E-state index contributed by atoms with van der Waals surface area (Å²) in [4.78, 5) is 33.5. The Morgan fingerprint density at radius 2 is 1.90 bits per heavy atom. The fourth-order valence-corrected chi connectivity index (χ4v) is 4.84. The third-order valence-corrected chi connectivity index (χ3v) is 6.96. The van der Waals surface area contributed by atoms with Crippen LogP contribution in [0, 0.1) is 0 Å². The van der Waals surface area contributed by atoms with Gasteiger partial charge in [0.2, 0.25) is 5.91 Å². The molecule has 1 aromatic carbocycles. The Hall–Kier alpha value is -2.62. The monoisotopic (exact) mass is 455 g/mol. The van der Waals surface area contributed by atoms with Crippen LogP contribution in [0.15, 0.2) is 58.6 Å². The van der Waals surface area contributed by atoms with E-state index in [0.717, 1.165) is 37.9 Å². The normalized spacial score (nSPS) is 14.5. The number of nitrogens with one attached hydrogen (secondary N) is 1. The number of aromatic nitrogens is 2. The largest absolute Gasteiger partial charge is 0.336 e. The molecule has 1 fully saturated rings. The molecule has 0 aliphatic carbocycles. The summed E-state index contributed by atoms with van der Waals surface area (Å²) in [6.07, 6.45) is 3.55. The van der Waals surface area contributed by atoms with Crippen LogP contribution in [-0.4, -0.2) is 63.1 Å². The first-order valence-corrected chi connectivity index (χ1v) is 12.0. The van der Waals surface area contributed by atoms with E-state index in [9.17, 15) is 9.59 Å². The van der Waals surface area contributed by atoms with Gasteiger partial charge in [-0.1, -0.05) is 11.8 Å². The van der Waals surface area contributed by atoms with E-state index >= 15 is 0 Å². The average Bonchev–Trinajstić information content (AvgIpc) is 3.44. The van der Waals surface area contributed by atoms with Crippen molar-refractivity contribution in [2.45, 2.75) is 11.7 Å². The summed E-state index contributed by atoms with van der Waals surface area (Å²) < 4.78 is 1.88. The SMILES string of the molecule is Cn1ccnc1SCC(=O)Nc1ccc(C(=O)N2CCN(Cc3ccsc3)CC2)cc1. The molecule has 0 spiro atoms. The number of anilines is 1. The zero-order chi connectivity index (χ0) is 21.6. The molecule has 9 heteroatoms. The molecular weight excluding hydrogens is 430 g/mol. The van der Waals surface area contributed by atoms with Gasteiger partial charge in [-0.25, -0.2) is 4.98 Å². The zero-order valence-electron chi connectivity index (χ0n) is 17.4. The lowest BCUT2D eigenvalue weighted by molar-refractivity contribution is -0.113. The molecule has 0 atom stereocenters. The van der Waals surface area contributed by atoms with Gasteiger partial charge in [0.1, 0.15) is 0 Å². The highest BCUT2D eigenvalue weighted by Crippen LogP contribution is 2.17. The van der Waals surface area contributed by atoms with Crippen LogP contribution in [-0.2, 0) is 18.4 Å². The van der Waals surface area contributed by atoms with Crippen molar-refractivity contribution in [2.75, 3.05) is 37.2 Å². The second-order valence-corrected chi connectivity index (χ2v) is 9.16. The Morgan fingerprint density at radius 1 is 1.13 bits per heavy atom. The van der Waals surface area contributed by atoms with Crippen LogP contribution in [0.2, 0.25) is 0 Å². The van der Waals surface area contributed by atoms with Crippen molar-refractivity contribution in [1.29, 1.82) is 0 Å². The molecule has 0 radical (unpaired) electrons. The van der Waals surface area contributed by atoms with Gasteiger partial charge in [-0.2, -0.15) is 11.3 Å². The first-order valence-electron chi connectivity index (χ1n) is 10.1. The molecule has 162 valence electrons. The van der Waals surface area contributed by atoms with Crippen LogP contribution in [0.4, 0.5) is 5.69 Å². The van der Waals surface area contributed by atoms with Crippen molar-refractivity contribution >= 4 is 40.6 Å². The van der Waals surface area contributed by atoms with Crippen LogP contribution in [0.1, 0.15) is 15.9 Å². The predicted octanol–water partition coefficient (Wildman–Crippen LogP) is 3.17. The molecule has 1 saturated heterocycles. The maximum Gasteiger partial charge on any atom is 0.253 e.